The van der Waals surface area contributed by atoms with Gasteiger partial charge >= 0.3 is 0 Å². The van der Waals surface area contributed by atoms with E-state index in [0.29, 0.717) is 18.2 Å². The first-order valence-corrected chi connectivity index (χ1v) is 8.79. The number of nitrogens with one attached hydrogen (secondary N) is 1. The van der Waals surface area contributed by atoms with Crippen LogP contribution in [0.4, 0.5) is 0 Å². The second-order valence-electron chi connectivity index (χ2n) is 7.15. The maximum absolute atomic E-state index is 12.2. The standard InChI is InChI=1S/C19H27NO3/c1-23-18-11-15(6-9-17(18)21)12-19(22)20-16-7-4-14(5-8-16)10-13-2-3-13/h6,9,11,13-14,16,21H,2-5,7-8,10,12H2,1H3,(H,20,22)/t14-,16-. The number of rotatable bonds is 6. The lowest BCUT2D eigenvalue weighted by atomic mass is 9.83. The predicted molar refractivity (Wildman–Crippen MR) is 89.6 cm³/mol. The van der Waals surface area contributed by atoms with Crippen molar-refractivity contribution in [1.29, 1.82) is 0 Å². The van der Waals surface area contributed by atoms with Gasteiger partial charge in [-0.05, 0) is 61.6 Å². The fourth-order valence-corrected chi connectivity index (χ4v) is 3.66. The van der Waals surface area contributed by atoms with Crippen LogP contribution in [-0.4, -0.2) is 24.2 Å². The van der Waals surface area contributed by atoms with Gasteiger partial charge in [0.05, 0.1) is 13.5 Å². The van der Waals surface area contributed by atoms with Crippen molar-refractivity contribution in [2.45, 2.75) is 57.4 Å². The number of benzene rings is 1. The van der Waals surface area contributed by atoms with Crippen LogP contribution in [0.1, 0.15) is 50.5 Å². The van der Waals surface area contributed by atoms with Gasteiger partial charge in [0.1, 0.15) is 0 Å². The number of methoxy groups -OCH3 is 1. The number of aromatic hydroxyl groups is 1. The third-order valence-corrected chi connectivity index (χ3v) is 5.18. The molecule has 2 fully saturated rings. The van der Waals surface area contributed by atoms with Gasteiger partial charge < -0.3 is 15.2 Å². The average molecular weight is 317 g/mol. The third kappa shape index (κ3) is 4.63. The number of phenolic OH excluding ortho intramolecular Hbond substituents is 1. The van der Waals surface area contributed by atoms with Crippen LogP contribution in [0, 0.1) is 11.8 Å². The Morgan fingerprint density at radius 1 is 1.17 bits per heavy atom. The molecule has 0 heterocycles. The third-order valence-electron chi connectivity index (χ3n) is 5.18. The number of amides is 1. The Balaban J connectivity index is 1.44. The Bertz CT molecular complexity index is 546. The first kappa shape index (κ1) is 16.2. The molecule has 0 unspecified atom stereocenters. The molecular weight excluding hydrogens is 290 g/mol. The SMILES string of the molecule is COc1cc(CC(=O)N[C@H]2CC[C@H](CC3CC3)CC2)ccc1O. The summed E-state index contributed by atoms with van der Waals surface area (Å²) < 4.78 is 5.08. The van der Waals surface area contributed by atoms with E-state index in [1.165, 1.54) is 39.2 Å². The highest BCUT2D eigenvalue weighted by molar-refractivity contribution is 5.79. The molecule has 4 nitrogen and oxygen atoms in total. The van der Waals surface area contributed by atoms with Crippen molar-refractivity contribution < 1.29 is 14.6 Å². The summed E-state index contributed by atoms with van der Waals surface area (Å²) in [6.45, 7) is 0. The van der Waals surface area contributed by atoms with Gasteiger partial charge in [0.25, 0.3) is 0 Å². The molecule has 1 aromatic carbocycles. The molecule has 2 saturated carbocycles. The van der Waals surface area contributed by atoms with E-state index >= 15 is 0 Å². The van der Waals surface area contributed by atoms with E-state index in [-0.39, 0.29) is 11.7 Å². The summed E-state index contributed by atoms with van der Waals surface area (Å²) in [5, 5.41) is 12.8. The largest absolute Gasteiger partial charge is 0.504 e. The van der Waals surface area contributed by atoms with Gasteiger partial charge in [0.15, 0.2) is 11.5 Å². The molecule has 0 aliphatic heterocycles. The summed E-state index contributed by atoms with van der Waals surface area (Å²) in [4.78, 5) is 12.2. The van der Waals surface area contributed by atoms with Crippen LogP contribution in [0.15, 0.2) is 18.2 Å². The molecule has 1 aromatic rings. The van der Waals surface area contributed by atoms with Crippen molar-refractivity contribution in [1.82, 2.24) is 5.32 Å². The number of carbonyl (C=O) groups excluding carboxylic acids is 1. The summed E-state index contributed by atoms with van der Waals surface area (Å²) in [6, 6.07) is 5.40. The smallest absolute Gasteiger partial charge is 0.224 e. The Labute approximate surface area is 138 Å². The minimum atomic E-state index is 0.0587. The lowest BCUT2D eigenvalue weighted by Gasteiger charge is -2.29. The lowest BCUT2D eigenvalue weighted by Crippen LogP contribution is -2.38. The Hall–Kier alpha value is -1.71. The molecule has 0 bridgehead atoms. The minimum Gasteiger partial charge on any atom is -0.504 e. The molecule has 1 amide bonds. The normalized spacial score (nSPS) is 24.2. The second-order valence-corrected chi connectivity index (χ2v) is 7.15. The molecule has 23 heavy (non-hydrogen) atoms. The zero-order valence-electron chi connectivity index (χ0n) is 13.9. The topological polar surface area (TPSA) is 58.6 Å². The number of ether oxygens (including phenoxy) is 1. The molecule has 0 aromatic heterocycles. The van der Waals surface area contributed by atoms with E-state index < -0.39 is 0 Å². The molecule has 0 saturated heterocycles. The summed E-state index contributed by atoms with van der Waals surface area (Å²) >= 11 is 0. The van der Waals surface area contributed by atoms with Crippen LogP contribution in [0.2, 0.25) is 0 Å². The lowest BCUT2D eigenvalue weighted by molar-refractivity contribution is -0.121. The Kier molecular flexibility index (Phi) is 5.09. The van der Waals surface area contributed by atoms with Gasteiger partial charge in [-0.15, -0.1) is 0 Å². The molecule has 2 N–H and O–H groups in total. The van der Waals surface area contributed by atoms with Crippen molar-refractivity contribution in [2.75, 3.05) is 7.11 Å². The number of phenols is 1. The van der Waals surface area contributed by atoms with Crippen molar-refractivity contribution >= 4 is 5.91 Å². The second kappa shape index (κ2) is 7.24. The Morgan fingerprint density at radius 3 is 2.43 bits per heavy atom. The van der Waals surface area contributed by atoms with Crippen molar-refractivity contribution in [3.63, 3.8) is 0 Å². The van der Waals surface area contributed by atoms with Gasteiger partial charge in [0.2, 0.25) is 5.91 Å². The van der Waals surface area contributed by atoms with E-state index in [1.807, 2.05) is 0 Å². The quantitative estimate of drug-likeness (QED) is 0.845. The number of hydrogen-bond acceptors (Lipinski definition) is 3. The van der Waals surface area contributed by atoms with Crippen LogP contribution in [0.5, 0.6) is 11.5 Å². The van der Waals surface area contributed by atoms with Crippen LogP contribution in [-0.2, 0) is 11.2 Å². The molecule has 0 radical (unpaired) electrons. The van der Waals surface area contributed by atoms with Crippen molar-refractivity contribution in [3.8, 4) is 11.5 Å². The van der Waals surface area contributed by atoms with E-state index in [0.717, 1.165) is 30.2 Å². The highest BCUT2D eigenvalue weighted by atomic mass is 16.5. The van der Waals surface area contributed by atoms with E-state index in [4.69, 9.17) is 4.74 Å². The monoisotopic (exact) mass is 317 g/mol. The molecule has 2 aliphatic carbocycles. The van der Waals surface area contributed by atoms with Crippen LogP contribution >= 0.6 is 0 Å². The molecule has 4 heteroatoms. The summed E-state index contributed by atoms with van der Waals surface area (Å²) in [7, 11) is 1.51. The first-order valence-electron chi connectivity index (χ1n) is 8.79. The fraction of sp³-hybridized carbons (Fsp3) is 0.632. The minimum absolute atomic E-state index is 0.0587. The van der Waals surface area contributed by atoms with E-state index in [1.54, 1.807) is 18.2 Å². The van der Waals surface area contributed by atoms with E-state index in [2.05, 4.69) is 5.32 Å². The molecule has 3 rings (SSSR count). The number of hydrogen-bond donors (Lipinski definition) is 2. The van der Waals surface area contributed by atoms with Gasteiger partial charge in [0, 0.05) is 6.04 Å². The fourth-order valence-electron chi connectivity index (χ4n) is 3.66. The van der Waals surface area contributed by atoms with Crippen LogP contribution < -0.4 is 10.1 Å². The molecular formula is C19H27NO3. The van der Waals surface area contributed by atoms with Crippen molar-refractivity contribution in [2.24, 2.45) is 11.8 Å². The molecule has 126 valence electrons. The van der Waals surface area contributed by atoms with Gasteiger partial charge in [-0.1, -0.05) is 18.9 Å². The highest BCUT2D eigenvalue weighted by Gasteiger charge is 2.28. The Morgan fingerprint density at radius 2 is 1.83 bits per heavy atom. The molecule has 0 atom stereocenters. The van der Waals surface area contributed by atoms with Crippen molar-refractivity contribution in [3.05, 3.63) is 23.8 Å². The summed E-state index contributed by atoms with van der Waals surface area (Å²) in [6.07, 6.45) is 9.36. The zero-order valence-corrected chi connectivity index (χ0v) is 13.9. The zero-order chi connectivity index (χ0) is 16.2. The average Bonchev–Trinajstić information content (AvgIpc) is 3.35. The number of carbonyl (C=O) groups is 1. The summed E-state index contributed by atoms with van der Waals surface area (Å²) in [5.74, 6) is 2.47. The first-order chi connectivity index (χ1) is 11.1. The highest BCUT2D eigenvalue weighted by Crippen LogP contribution is 2.39. The van der Waals surface area contributed by atoms with Gasteiger partial charge in [-0.25, -0.2) is 0 Å². The molecule has 2 aliphatic rings. The molecule has 0 spiro atoms. The predicted octanol–water partition coefficient (Wildman–Crippen LogP) is 3.42. The van der Waals surface area contributed by atoms with E-state index in [9.17, 15) is 9.90 Å². The van der Waals surface area contributed by atoms with Crippen LogP contribution in [0.25, 0.3) is 0 Å². The van der Waals surface area contributed by atoms with Gasteiger partial charge in [-0.3, -0.25) is 4.79 Å². The van der Waals surface area contributed by atoms with Gasteiger partial charge in [-0.2, -0.15) is 0 Å². The maximum Gasteiger partial charge on any atom is 0.224 e. The maximum atomic E-state index is 12.2. The van der Waals surface area contributed by atoms with Crippen LogP contribution in [0.3, 0.4) is 0 Å². The summed E-state index contributed by atoms with van der Waals surface area (Å²) in [5.41, 5.74) is 0.861.